The van der Waals surface area contributed by atoms with E-state index in [1.807, 2.05) is 24.3 Å². The van der Waals surface area contributed by atoms with Crippen LogP contribution in [-0.2, 0) is 17.6 Å². The summed E-state index contributed by atoms with van der Waals surface area (Å²) < 4.78 is 10.8. The summed E-state index contributed by atoms with van der Waals surface area (Å²) in [5.41, 5.74) is 4.74. The van der Waals surface area contributed by atoms with Crippen molar-refractivity contribution in [2.24, 2.45) is 0 Å². The average molecular weight is 451 g/mol. The molecule has 1 saturated heterocycles. The Kier molecular flexibility index (Phi) is 6.90. The number of nitrogens with zero attached hydrogens (tertiary/aromatic N) is 4. The molecular weight excluding hydrogens is 416 g/mol. The zero-order valence-electron chi connectivity index (χ0n) is 19.5. The van der Waals surface area contributed by atoms with E-state index in [0.717, 1.165) is 81.6 Å². The van der Waals surface area contributed by atoms with E-state index in [4.69, 9.17) is 19.4 Å². The van der Waals surface area contributed by atoms with Crippen LogP contribution in [-0.4, -0.2) is 73.0 Å². The summed E-state index contributed by atoms with van der Waals surface area (Å²) in [6.45, 7) is 5.64. The van der Waals surface area contributed by atoms with Gasteiger partial charge in [-0.25, -0.2) is 9.97 Å². The molecule has 0 radical (unpaired) electrons. The Labute approximate surface area is 196 Å². The lowest BCUT2D eigenvalue weighted by Gasteiger charge is -2.32. The molecule has 1 aromatic heterocycles. The molecule has 3 aliphatic rings. The molecule has 0 amide bonds. The standard InChI is InChI=1S/C26H34N4O3/c1-32-21-8-6-19(7-9-21)24(31)18-29-12-10-20(11-13-29)25-27-23-5-3-2-4-22(23)26(28-25)30-14-16-33-17-15-30/h6-10,24,31H,2-5,11-18H2,1H3. The molecule has 3 heterocycles. The molecule has 1 aromatic carbocycles. The highest BCUT2D eigenvalue weighted by Crippen LogP contribution is 2.31. The van der Waals surface area contributed by atoms with Gasteiger partial charge in [0.25, 0.3) is 0 Å². The van der Waals surface area contributed by atoms with E-state index < -0.39 is 6.10 Å². The van der Waals surface area contributed by atoms with Gasteiger partial charge in [0.2, 0.25) is 0 Å². The van der Waals surface area contributed by atoms with E-state index in [0.29, 0.717) is 6.54 Å². The number of aliphatic hydroxyl groups is 1. The predicted octanol–water partition coefficient (Wildman–Crippen LogP) is 3.02. The monoisotopic (exact) mass is 450 g/mol. The third-order valence-corrected chi connectivity index (χ3v) is 6.98. The number of anilines is 1. The van der Waals surface area contributed by atoms with Crippen LogP contribution >= 0.6 is 0 Å². The summed E-state index contributed by atoms with van der Waals surface area (Å²) in [7, 11) is 1.65. The maximum atomic E-state index is 10.7. The Balaban J connectivity index is 1.30. The quantitative estimate of drug-likeness (QED) is 0.725. The van der Waals surface area contributed by atoms with Crippen molar-refractivity contribution in [2.45, 2.75) is 38.2 Å². The van der Waals surface area contributed by atoms with Crippen molar-refractivity contribution in [3.63, 3.8) is 0 Å². The Morgan fingerprint density at radius 2 is 1.82 bits per heavy atom. The third kappa shape index (κ3) is 5.05. The number of aryl methyl sites for hydroxylation is 1. The number of aliphatic hydroxyl groups excluding tert-OH is 1. The van der Waals surface area contributed by atoms with Gasteiger partial charge in [0.15, 0.2) is 5.82 Å². The topological polar surface area (TPSA) is 71.0 Å². The first-order valence-corrected chi connectivity index (χ1v) is 12.2. The van der Waals surface area contributed by atoms with E-state index in [2.05, 4.69) is 15.9 Å². The molecule has 0 bridgehead atoms. The molecule has 7 heteroatoms. The maximum absolute atomic E-state index is 10.7. The maximum Gasteiger partial charge on any atom is 0.157 e. The minimum atomic E-state index is -0.515. The molecule has 2 aliphatic heterocycles. The van der Waals surface area contributed by atoms with Crippen molar-refractivity contribution >= 4 is 11.4 Å². The van der Waals surface area contributed by atoms with Crippen molar-refractivity contribution in [3.05, 3.63) is 53.0 Å². The highest BCUT2D eigenvalue weighted by atomic mass is 16.5. The summed E-state index contributed by atoms with van der Waals surface area (Å²) in [6.07, 6.45) is 7.20. The molecule has 7 nitrogen and oxygen atoms in total. The number of β-amino-alcohol motifs (C(OH)–C–C–N with tert-alkyl or cyclic N) is 1. The Hall–Kier alpha value is -2.48. The lowest BCUT2D eigenvalue weighted by molar-refractivity contribution is 0.119. The fraction of sp³-hybridized carbons (Fsp3) is 0.538. The number of ether oxygens (including phenoxy) is 2. The number of rotatable bonds is 6. The number of methoxy groups -OCH3 is 1. The second-order valence-electron chi connectivity index (χ2n) is 9.13. The van der Waals surface area contributed by atoms with Gasteiger partial charge in [0.05, 0.1) is 26.4 Å². The van der Waals surface area contributed by atoms with Gasteiger partial charge in [0.1, 0.15) is 11.6 Å². The SMILES string of the molecule is COc1ccc(C(O)CN2CC=C(c3nc4c(c(N5CCOCC5)n3)CCCC4)CC2)cc1. The molecular formula is C26H34N4O3. The molecule has 1 fully saturated rings. The number of hydrogen-bond donors (Lipinski definition) is 1. The van der Waals surface area contributed by atoms with Gasteiger partial charge in [-0.1, -0.05) is 18.2 Å². The predicted molar refractivity (Wildman–Crippen MR) is 129 cm³/mol. The van der Waals surface area contributed by atoms with E-state index >= 15 is 0 Å². The van der Waals surface area contributed by atoms with Crippen LogP contribution < -0.4 is 9.64 Å². The fourth-order valence-electron chi connectivity index (χ4n) is 5.01. The summed E-state index contributed by atoms with van der Waals surface area (Å²) in [5.74, 6) is 2.83. The molecule has 33 heavy (non-hydrogen) atoms. The van der Waals surface area contributed by atoms with Crippen LogP contribution in [0.3, 0.4) is 0 Å². The molecule has 1 N–H and O–H groups in total. The summed E-state index contributed by atoms with van der Waals surface area (Å²) >= 11 is 0. The number of aromatic nitrogens is 2. The molecule has 176 valence electrons. The molecule has 1 atom stereocenters. The van der Waals surface area contributed by atoms with Gasteiger partial charge < -0.3 is 19.5 Å². The fourth-order valence-corrected chi connectivity index (χ4v) is 5.01. The summed E-state index contributed by atoms with van der Waals surface area (Å²) in [6, 6.07) is 7.66. The van der Waals surface area contributed by atoms with Gasteiger partial charge in [-0.2, -0.15) is 0 Å². The Morgan fingerprint density at radius 3 is 2.55 bits per heavy atom. The van der Waals surface area contributed by atoms with Crippen molar-refractivity contribution in [1.82, 2.24) is 14.9 Å². The van der Waals surface area contributed by atoms with Gasteiger partial charge in [-0.15, -0.1) is 0 Å². The molecule has 5 rings (SSSR count). The number of morpholine rings is 1. The van der Waals surface area contributed by atoms with E-state index in [1.165, 1.54) is 29.7 Å². The van der Waals surface area contributed by atoms with Crippen LogP contribution in [0.15, 0.2) is 30.3 Å². The first kappa shape index (κ1) is 22.3. The Bertz CT molecular complexity index is 986. The van der Waals surface area contributed by atoms with Crippen LogP contribution in [0.25, 0.3) is 5.57 Å². The van der Waals surface area contributed by atoms with Crippen molar-refractivity contribution in [1.29, 1.82) is 0 Å². The zero-order valence-corrected chi connectivity index (χ0v) is 19.5. The second-order valence-corrected chi connectivity index (χ2v) is 9.13. The zero-order chi connectivity index (χ0) is 22.6. The third-order valence-electron chi connectivity index (χ3n) is 6.98. The van der Waals surface area contributed by atoms with Crippen LogP contribution in [0.4, 0.5) is 5.82 Å². The summed E-state index contributed by atoms with van der Waals surface area (Å²) in [5, 5.41) is 10.7. The highest BCUT2D eigenvalue weighted by molar-refractivity contribution is 5.64. The lowest BCUT2D eigenvalue weighted by Crippen LogP contribution is -2.38. The average Bonchev–Trinajstić information content (AvgIpc) is 2.89. The minimum Gasteiger partial charge on any atom is -0.497 e. The van der Waals surface area contributed by atoms with Crippen molar-refractivity contribution < 1.29 is 14.6 Å². The first-order valence-electron chi connectivity index (χ1n) is 12.2. The van der Waals surface area contributed by atoms with E-state index in [9.17, 15) is 5.11 Å². The molecule has 0 spiro atoms. The Morgan fingerprint density at radius 1 is 1.03 bits per heavy atom. The second kappa shape index (κ2) is 10.2. The van der Waals surface area contributed by atoms with Crippen LogP contribution in [0, 0.1) is 0 Å². The van der Waals surface area contributed by atoms with Gasteiger partial charge in [-0.3, -0.25) is 4.90 Å². The summed E-state index contributed by atoms with van der Waals surface area (Å²) in [4.78, 5) is 14.8. The lowest BCUT2D eigenvalue weighted by atomic mass is 9.95. The van der Waals surface area contributed by atoms with Crippen LogP contribution in [0.2, 0.25) is 0 Å². The van der Waals surface area contributed by atoms with Gasteiger partial charge in [-0.05, 0) is 55.4 Å². The van der Waals surface area contributed by atoms with Crippen LogP contribution in [0.1, 0.15) is 48.0 Å². The largest absolute Gasteiger partial charge is 0.497 e. The van der Waals surface area contributed by atoms with E-state index in [1.54, 1.807) is 7.11 Å². The van der Waals surface area contributed by atoms with Gasteiger partial charge >= 0.3 is 0 Å². The molecule has 1 unspecified atom stereocenters. The van der Waals surface area contributed by atoms with Crippen molar-refractivity contribution in [2.75, 3.05) is 57.9 Å². The number of fused-ring (bicyclic) bond motifs is 1. The molecule has 2 aromatic rings. The van der Waals surface area contributed by atoms with E-state index in [-0.39, 0.29) is 0 Å². The highest BCUT2D eigenvalue weighted by Gasteiger charge is 2.25. The van der Waals surface area contributed by atoms with Crippen molar-refractivity contribution in [3.8, 4) is 5.75 Å². The normalized spacial score (nSPS) is 20.2. The number of benzene rings is 1. The molecule has 1 aliphatic carbocycles. The number of hydrogen-bond acceptors (Lipinski definition) is 7. The van der Waals surface area contributed by atoms with Crippen LogP contribution in [0.5, 0.6) is 5.75 Å². The minimum absolute atomic E-state index is 0.515. The molecule has 0 saturated carbocycles. The van der Waals surface area contributed by atoms with Gasteiger partial charge in [0, 0.05) is 44.0 Å². The smallest absolute Gasteiger partial charge is 0.157 e. The first-order chi connectivity index (χ1) is 16.2.